The second-order valence-corrected chi connectivity index (χ2v) is 14.8. The number of ether oxygens (including phenoxy) is 2. The number of Topliss-reactive ketones (excluding diaryl/α,β-unsaturated/α-hetero) is 1. The Morgan fingerprint density at radius 3 is 2.19 bits per heavy atom. The molecule has 0 aromatic heterocycles. The maximum Gasteiger partial charge on any atom is 0.238 e. The number of imide groups is 1. The number of ketones is 2. The molecule has 9 nitrogen and oxygen atoms in total. The highest BCUT2D eigenvalue weighted by Crippen LogP contribution is 2.64. The van der Waals surface area contributed by atoms with Crippen molar-refractivity contribution in [1.82, 2.24) is 0 Å². The average molecular weight is 721 g/mol. The maximum absolute atomic E-state index is 15.2. The monoisotopic (exact) mass is 720 g/mol. The Hall–Kier alpha value is -5.80. The van der Waals surface area contributed by atoms with Gasteiger partial charge in [-0.15, -0.1) is 0 Å². The minimum atomic E-state index is -1.39. The van der Waals surface area contributed by atoms with Gasteiger partial charge < -0.3 is 19.5 Å². The molecule has 1 saturated carbocycles. The number of aromatic hydroxyl groups is 1. The number of phenolic OH excluding ortho intramolecular Hbond substituents is 1. The van der Waals surface area contributed by atoms with Crippen molar-refractivity contribution in [3.63, 3.8) is 0 Å². The van der Waals surface area contributed by atoms with E-state index < -0.39 is 35.0 Å². The van der Waals surface area contributed by atoms with Crippen molar-refractivity contribution in [1.29, 1.82) is 0 Å². The fourth-order valence-electron chi connectivity index (χ4n) is 10.0. The van der Waals surface area contributed by atoms with Gasteiger partial charge in [-0.1, -0.05) is 78.4 Å². The van der Waals surface area contributed by atoms with Crippen LogP contribution < -0.4 is 14.5 Å². The number of carbonyl (C=O) groups is 4. The van der Waals surface area contributed by atoms with Crippen LogP contribution in [0.5, 0.6) is 11.5 Å². The predicted molar refractivity (Wildman–Crippen MR) is 203 cm³/mol. The molecule has 5 aliphatic rings. The van der Waals surface area contributed by atoms with Crippen molar-refractivity contribution in [3.8, 4) is 11.5 Å². The summed E-state index contributed by atoms with van der Waals surface area (Å²) in [7, 11) is 1.51. The number of hydrogen-bond donors (Lipinski definition) is 1. The van der Waals surface area contributed by atoms with Crippen LogP contribution in [0.1, 0.15) is 35.4 Å². The molecule has 272 valence electrons. The number of hydrogen-bond acceptors (Lipinski definition) is 8. The van der Waals surface area contributed by atoms with Crippen LogP contribution in [0.2, 0.25) is 0 Å². The quantitative estimate of drug-likeness (QED) is 0.183. The fourth-order valence-corrected chi connectivity index (χ4v) is 10.0. The Balaban J connectivity index is 1.20. The average Bonchev–Trinajstić information content (AvgIpc) is 3.48. The molecule has 2 aliphatic heterocycles. The smallest absolute Gasteiger partial charge is 0.238 e. The van der Waals surface area contributed by atoms with E-state index in [1.54, 1.807) is 12.1 Å². The van der Waals surface area contributed by atoms with Crippen molar-refractivity contribution in [2.45, 2.75) is 24.2 Å². The van der Waals surface area contributed by atoms with Crippen molar-refractivity contribution in [2.75, 3.05) is 43.2 Å². The summed E-state index contributed by atoms with van der Waals surface area (Å²) in [4.78, 5) is 63.0. The molecular weight excluding hydrogens is 681 g/mol. The van der Waals surface area contributed by atoms with Crippen LogP contribution in [0.15, 0.2) is 121 Å². The number of amides is 2. The third-order valence-corrected chi connectivity index (χ3v) is 12.4. The highest BCUT2D eigenvalue weighted by Gasteiger charge is 2.66. The number of anilines is 2. The molecule has 4 aromatic carbocycles. The van der Waals surface area contributed by atoms with Gasteiger partial charge in [-0.25, -0.2) is 0 Å². The van der Waals surface area contributed by atoms with E-state index in [9.17, 15) is 14.7 Å². The summed E-state index contributed by atoms with van der Waals surface area (Å²) >= 11 is 0. The van der Waals surface area contributed by atoms with E-state index in [1.807, 2.05) is 91.0 Å². The molecule has 0 radical (unpaired) electrons. The van der Waals surface area contributed by atoms with Crippen molar-refractivity contribution < 1.29 is 33.8 Å². The second kappa shape index (κ2) is 13.2. The molecule has 2 amide bonds. The van der Waals surface area contributed by atoms with Gasteiger partial charge in [-0.2, -0.15) is 0 Å². The molecule has 0 bridgehead atoms. The summed E-state index contributed by atoms with van der Waals surface area (Å²) in [6, 6.07) is 31.0. The minimum Gasteiger partial charge on any atom is -0.508 e. The zero-order chi connectivity index (χ0) is 37.1. The van der Waals surface area contributed by atoms with Crippen LogP contribution in [-0.4, -0.2) is 61.9 Å². The molecule has 54 heavy (non-hydrogen) atoms. The van der Waals surface area contributed by atoms with Crippen molar-refractivity contribution >= 4 is 40.3 Å². The largest absolute Gasteiger partial charge is 0.508 e. The first-order valence-electron chi connectivity index (χ1n) is 18.6. The Kier molecular flexibility index (Phi) is 8.34. The number of nitrogens with zero attached hydrogens (tertiary/aromatic N) is 2. The summed E-state index contributed by atoms with van der Waals surface area (Å²) in [5.74, 6) is -4.06. The summed E-state index contributed by atoms with van der Waals surface area (Å²) in [5.41, 5.74) is 3.27. The molecule has 6 atom stereocenters. The van der Waals surface area contributed by atoms with Gasteiger partial charge in [0.25, 0.3) is 0 Å². The Morgan fingerprint density at radius 1 is 0.796 bits per heavy atom. The lowest BCUT2D eigenvalue weighted by Crippen LogP contribution is -2.58. The van der Waals surface area contributed by atoms with Crippen LogP contribution in [0.4, 0.5) is 11.4 Å². The van der Waals surface area contributed by atoms with Gasteiger partial charge in [0.2, 0.25) is 11.8 Å². The van der Waals surface area contributed by atoms with Crippen LogP contribution in [-0.2, 0) is 29.3 Å². The lowest BCUT2D eigenvalue weighted by atomic mass is 9.44. The molecule has 4 aromatic rings. The van der Waals surface area contributed by atoms with E-state index in [0.717, 1.165) is 24.4 Å². The zero-order valence-corrected chi connectivity index (χ0v) is 29.9. The first-order valence-corrected chi connectivity index (χ1v) is 18.6. The third-order valence-electron chi connectivity index (χ3n) is 12.4. The SMILES string of the molecule is COc1cc(O)ccc1C1C2=CCC3C(=O)N(c4ccc(N5CCOCC5)cc4)C(=O)C3C2CC2C(=O)C(c3ccccc3)=CC(=O)C21c1ccccc1. The van der Waals surface area contributed by atoms with Gasteiger partial charge in [-0.05, 0) is 66.3 Å². The summed E-state index contributed by atoms with van der Waals surface area (Å²) < 4.78 is 11.4. The lowest BCUT2D eigenvalue weighted by molar-refractivity contribution is -0.135. The van der Waals surface area contributed by atoms with Gasteiger partial charge >= 0.3 is 0 Å². The number of morpholine rings is 1. The van der Waals surface area contributed by atoms with E-state index in [2.05, 4.69) is 4.90 Å². The van der Waals surface area contributed by atoms with E-state index in [4.69, 9.17) is 9.47 Å². The van der Waals surface area contributed by atoms with Crippen molar-refractivity contribution in [2.24, 2.45) is 23.7 Å². The standard InChI is InChI=1S/C45H40N2O7/c1-53-38-24-31(48)16-17-33(38)41-32-18-19-34-40(44(52)47(43(34)51)30-14-12-29(13-15-30)46-20-22-54-23-21-46)36(32)25-37-42(50)35(27-8-4-2-5-9-27)26-39(49)45(37,41)28-10-6-3-7-11-28/h2-18,24,26,34,36-37,40-41,48H,19-23,25H2,1H3. The molecule has 2 saturated heterocycles. The van der Waals surface area contributed by atoms with Gasteiger partial charge in [0.05, 0.1) is 43.3 Å². The molecule has 1 N–H and O–H groups in total. The van der Waals surface area contributed by atoms with E-state index in [-0.39, 0.29) is 35.6 Å². The predicted octanol–water partition coefficient (Wildman–Crippen LogP) is 6.27. The molecule has 6 unspecified atom stereocenters. The number of benzene rings is 4. The highest BCUT2D eigenvalue weighted by molar-refractivity contribution is 6.32. The Labute approximate surface area is 313 Å². The van der Waals surface area contributed by atoms with E-state index in [1.165, 1.54) is 24.2 Å². The molecule has 3 fully saturated rings. The molecule has 9 rings (SSSR count). The van der Waals surface area contributed by atoms with Crippen LogP contribution >= 0.6 is 0 Å². The molecule has 9 heteroatoms. The minimum absolute atomic E-state index is 0.00453. The number of carbonyl (C=O) groups excluding carboxylic acids is 4. The fraction of sp³-hybridized carbons (Fsp3) is 0.289. The van der Waals surface area contributed by atoms with Gasteiger partial charge in [0.1, 0.15) is 11.5 Å². The van der Waals surface area contributed by atoms with Gasteiger partial charge in [0, 0.05) is 47.8 Å². The molecule has 2 heterocycles. The van der Waals surface area contributed by atoms with Crippen LogP contribution in [0.25, 0.3) is 5.57 Å². The third kappa shape index (κ3) is 5.09. The summed E-state index contributed by atoms with van der Waals surface area (Å²) in [5, 5.41) is 10.6. The zero-order valence-electron chi connectivity index (χ0n) is 29.9. The van der Waals surface area contributed by atoms with Gasteiger partial charge in [0.15, 0.2) is 11.6 Å². The van der Waals surface area contributed by atoms with E-state index >= 15 is 9.59 Å². The second-order valence-electron chi connectivity index (χ2n) is 14.8. The molecular formula is C45H40N2O7. The number of fused-ring (bicyclic) bond motifs is 4. The number of methoxy groups -OCH3 is 1. The van der Waals surface area contributed by atoms with Gasteiger partial charge in [-0.3, -0.25) is 24.1 Å². The number of allylic oxidation sites excluding steroid dienone is 4. The maximum atomic E-state index is 15.2. The lowest BCUT2D eigenvalue weighted by Gasteiger charge is -2.55. The number of phenols is 1. The highest BCUT2D eigenvalue weighted by atomic mass is 16.5. The first-order chi connectivity index (χ1) is 26.3. The molecule has 0 spiro atoms. The topological polar surface area (TPSA) is 113 Å². The summed E-state index contributed by atoms with van der Waals surface area (Å²) in [6.07, 6.45) is 4.05. The molecule has 3 aliphatic carbocycles. The first kappa shape index (κ1) is 34.0. The normalized spacial score (nSPS) is 27.8. The van der Waals surface area contributed by atoms with Crippen LogP contribution in [0, 0.1) is 23.7 Å². The Morgan fingerprint density at radius 2 is 1.48 bits per heavy atom. The van der Waals surface area contributed by atoms with E-state index in [0.29, 0.717) is 53.3 Å². The number of rotatable bonds is 6. The summed E-state index contributed by atoms with van der Waals surface area (Å²) in [6.45, 7) is 2.82. The Bertz CT molecular complexity index is 2230. The van der Waals surface area contributed by atoms with Crippen LogP contribution in [0.3, 0.4) is 0 Å². The van der Waals surface area contributed by atoms with Crippen molar-refractivity contribution in [3.05, 3.63) is 138 Å².